The van der Waals surface area contributed by atoms with E-state index in [4.69, 9.17) is 22.1 Å². The highest BCUT2D eigenvalue weighted by atomic mass is 35.5. The molecule has 1 atom stereocenters. The molecule has 0 bridgehead atoms. The number of nitrogens with one attached hydrogen (secondary N) is 1. The number of methoxy groups -OCH3 is 1. The van der Waals surface area contributed by atoms with Crippen molar-refractivity contribution in [2.75, 3.05) is 25.6 Å². The predicted octanol–water partition coefficient (Wildman–Crippen LogP) is 0.692. The molecule has 1 heterocycles. The van der Waals surface area contributed by atoms with E-state index < -0.39 is 0 Å². The maximum absolute atomic E-state index is 11.9. The molecule has 1 aromatic heterocycles. The van der Waals surface area contributed by atoms with Gasteiger partial charge < -0.3 is 15.8 Å². The first-order valence-electron chi connectivity index (χ1n) is 5.84. The summed E-state index contributed by atoms with van der Waals surface area (Å²) in [4.78, 5) is 11.9. The van der Waals surface area contributed by atoms with Gasteiger partial charge in [-0.05, 0) is 6.42 Å². The molecule has 0 aromatic carbocycles. The minimum atomic E-state index is -0.330. The molecular weight excluding hydrogens is 256 g/mol. The smallest absolute Gasteiger partial charge is 0.287 e. The summed E-state index contributed by atoms with van der Waals surface area (Å²) in [6, 6.07) is 0.0250. The molecule has 1 unspecified atom stereocenters. The SMILES string of the molecule is CCC(N)CNc1cnn(CCOC)c(=O)c1Cl. The number of nitrogens with two attached hydrogens (primary N) is 1. The average Bonchev–Trinajstić information content (AvgIpc) is 2.39. The Hall–Kier alpha value is -1.11. The number of ether oxygens (including phenoxy) is 1. The second-order valence-corrected chi connectivity index (χ2v) is 4.32. The van der Waals surface area contributed by atoms with E-state index in [2.05, 4.69) is 10.4 Å². The lowest BCUT2D eigenvalue weighted by Crippen LogP contribution is -2.30. The van der Waals surface area contributed by atoms with Gasteiger partial charge in [0.05, 0.1) is 25.0 Å². The highest BCUT2D eigenvalue weighted by Gasteiger charge is 2.09. The van der Waals surface area contributed by atoms with Gasteiger partial charge in [0.2, 0.25) is 0 Å². The van der Waals surface area contributed by atoms with Gasteiger partial charge in [-0.25, -0.2) is 4.68 Å². The minimum Gasteiger partial charge on any atom is -0.383 e. The quantitative estimate of drug-likeness (QED) is 0.765. The zero-order valence-corrected chi connectivity index (χ0v) is 11.4. The lowest BCUT2D eigenvalue weighted by molar-refractivity contribution is 0.182. The summed E-state index contributed by atoms with van der Waals surface area (Å²) in [6.45, 7) is 3.34. The van der Waals surface area contributed by atoms with E-state index in [-0.39, 0.29) is 16.6 Å². The molecule has 0 saturated heterocycles. The third-order valence-electron chi connectivity index (χ3n) is 2.57. The predicted molar refractivity (Wildman–Crippen MR) is 72.1 cm³/mol. The Labute approximate surface area is 111 Å². The van der Waals surface area contributed by atoms with Gasteiger partial charge in [0.25, 0.3) is 5.56 Å². The van der Waals surface area contributed by atoms with Crippen LogP contribution in [0.15, 0.2) is 11.0 Å². The molecule has 102 valence electrons. The normalized spacial score (nSPS) is 12.4. The molecule has 0 saturated carbocycles. The summed E-state index contributed by atoms with van der Waals surface area (Å²) in [6.07, 6.45) is 2.38. The molecule has 6 nitrogen and oxygen atoms in total. The molecule has 0 radical (unpaired) electrons. The van der Waals surface area contributed by atoms with Crippen molar-refractivity contribution in [3.05, 3.63) is 21.6 Å². The van der Waals surface area contributed by atoms with E-state index in [0.29, 0.717) is 25.4 Å². The Balaban J connectivity index is 2.77. The molecule has 0 spiro atoms. The molecule has 0 aliphatic heterocycles. The second kappa shape index (κ2) is 7.35. The van der Waals surface area contributed by atoms with Gasteiger partial charge in [-0.2, -0.15) is 5.10 Å². The highest BCUT2D eigenvalue weighted by molar-refractivity contribution is 6.32. The Morgan fingerprint density at radius 3 is 3.00 bits per heavy atom. The Morgan fingerprint density at radius 2 is 2.39 bits per heavy atom. The second-order valence-electron chi connectivity index (χ2n) is 3.94. The van der Waals surface area contributed by atoms with E-state index >= 15 is 0 Å². The zero-order chi connectivity index (χ0) is 13.5. The van der Waals surface area contributed by atoms with E-state index in [1.54, 1.807) is 7.11 Å². The van der Waals surface area contributed by atoms with Crippen molar-refractivity contribution in [3.63, 3.8) is 0 Å². The van der Waals surface area contributed by atoms with Crippen molar-refractivity contribution in [2.45, 2.75) is 25.9 Å². The number of hydrogen-bond donors (Lipinski definition) is 2. The third-order valence-corrected chi connectivity index (χ3v) is 2.94. The monoisotopic (exact) mass is 274 g/mol. The van der Waals surface area contributed by atoms with E-state index in [9.17, 15) is 4.79 Å². The van der Waals surface area contributed by atoms with Crippen molar-refractivity contribution in [1.82, 2.24) is 9.78 Å². The molecule has 0 amide bonds. The molecule has 0 aliphatic carbocycles. The van der Waals surface area contributed by atoms with Crippen LogP contribution >= 0.6 is 11.6 Å². The van der Waals surface area contributed by atoms with Gasteiger partial charge in [-0.1, -0.05) is 18.5 Å². The maximum atomic E-state index is 11.9. The minimum absolute atomic E-state index is 0.0250. The number of hydrogen-bond acceptors (Lipinski definition) is 5. The molecule has 1 rings (SSSR count). The van der Waals surface area contributed by atoms with Crippen molar-refractivity contribution >= 4 is 17.3 Å². The van der Waals surface area contributed by atoms with Crippen LogP contribution in [0, 0.1) is 0 Å². The van der Waals surface area contributed by atoms with Gasteiger partial charge >= 0.3 is 0 Å². The maximum Gasteiger partial charge on any atom is 0.287 e. The van der Waals surface area contributed by atoms with E-state index in [1.165, 1.54) is 10.9 Å². The van der Waals surface area contributed by atoms with Crippen LogP contribution in [0.3, 0.4) is 0 Å². The van der Waals surface area contributed by atoms with Crippen molar-refractivity contribution < 1.29 is 4.74 Å². The molecule has 18 heavy (non-hydrogen) atoms. The fraction of sp³-hybridized carbons (Fsp3) is 0.636. The van der Waals surface area contributed by atoms with Gasteiger partial charge in [0.15, 0.2) is 0 Å². The molecule has 7 heteroatoms. The van der Waals surface area contributed by atoms with Crippen LogP contribution in [0.5, 0.6) is 0 Å². The Morgan fingerprint density at radius 1 is 1.67 bits per heavy atom. The third kappa shape index (κ3) is 3.97. The lowest BCUT2D eigenvalue weighted by atomic mass is 10.2. The first-order chi connectivity index (χ1) is 8.60. The van der Waals surface area contributed by atoms with Crippen LogP contribution in [0.1, 0.15) is 13.3 Å². The molecule has 3 N–H and O–H groups in total. The molecule has 1 aromatic rings. The summed E-state index contributed by atoms with van der Waals surface area (Å²) in [5, 5.41) is 7.17. The highest BCUT2D eigenvalue weighted by Crippen LogP contribution is 2.14. The summed E-state index contributed by atoms with van der Waals surface area (Å²) in [7, 11) is 1.56. The molecule has 0 fully saturated rings. The summed E-state index contributed by atoms with van der Waals surface area (Å²) in [5.41, 5.74) is 5.96. The van der Waals surface area contributed by atoms with Crippen molar-refractivity contribution in [2.24, 2.45) is 5.73 Å². The Kier molecular flexibility index (Phi) is 6.11. The standard InChI is InChI=1S/C11H19ClN4O2/c1-3-8(13)6-14-9-7-15-16(4-5-18-2)11(17)10(9)12/h7-8,14H,3-6,13H2,1-2H3. The van der Waals surface area contributed by atoms with Crippen LogP contribution in [0.2, 0.25) is 5.02 Å². The van der Waals surface area contributed by atoms with Crippen molar-refractivity contribution in [3.8, 4) is 0 Å². The van der Waals surface area contributed by atoms with Crippen LogP contribution in [-0.4, -0.2) is 36.1 Å². The first-order valence-corrected chi connectivity index (χ1v) is 6.22. The summed E-state index contributed by atoms with van der Waals surface area (Å²) < 4.78 is 6.16. The number of anilines is 1. The van der Waals surface area contributed by atoms with Gasteiger partial charge in [0.1, 0.15) is 5.02 Å². The van der Waals surface area contributed by atoms with Gasteiger partial charge in [-0.3, -0.25) is 4.79 Å². The topological polar surface area (TPSA) is 82.2 Å². The van der Waals surface area contributed by atoms with Gasteiger partial charge in [0, 0.05) is 19.7 Å². The first kappa shape index (κ1) is 14.9. The Bertz CT molecular complexity index is 436. The fourth-order valence-electron chi connectivity index (χ4n) is 1.31. The lowest BCUT2D eigenvalue weighted by Gasteiger charge is -2.13. The van der Waals surface area contributed by atoms with Crippen LogP contribution < -0.4 is 16.6 Å². The zero-order valence-electron chi connectivity index (χ0n) is 10.6. The van der Waals surface area contributed by atoms with Crippen LogP contribution in [0.25, 0.3) is 0 Å². The fourth-order valence-corrected chi connectivity index (χ4v) is 1.52. The molecule has 0 aliphatic rings. The summed E-state index contributed by atoms with van der Waals surface area (Å²) >= 11 is 5.99. The van der Waals surface area contributed by atoms with Crippen LogP contribution in [-0.2, 0) is 11.3 Å². The average molecular weight is 275 g/mol. The molecular formula is C11H19ClN4O2. The number of aromatic nitrogens is 2. The van der Waals surface area contributed by atoms with Crippen LogP contribution in [0.4, 0.5) is 5.69 Å². The van der Waals surface area contributed by atoms with Gasteiger partial charge in [-0.15, -0.1) is 0 Å². The van der Waals surface area contributed by atoms with E-state index in [1.807, 2.05) is 6.92 Å². The number of rotatable bonds is 7. The van der Waals surface area contributed by atoms with E-state index in [0.717, 1.165) is 6.42 Å². The van der Waals surface area contributed by atoms with Crippen molar-refractivity contribution in [1.29, 1.82) is 0 Å². The number of nitrogens with zero attached hydrogens (tertiary/aromatic N) is 2. The number of halogens is 1. The largest absolute Gasteiger partial charge is 0.383 e. The summed E-state index contributed by atoms with van der Waals surface area (Å²) in [5.74, 6) is 0.